The summed E-state index contributed by atoms with van der Waals surface area (Å²) in [6, 6.07) is 5.83. The summed E-state index contributed by atoms with van der Waals surface area (Å²) >= 11 is 0. The van der Waals surface area contributed by atoms with Crippen molar-refractivity contribution >= 4 is 5.91 Å². The van der Waals surface area contributed by atoms with E-state index in [-0.39, 0.29) is 29.8 Å². The van der Waals surface area contributed by atoms with Gasteiger partial charge in [-0.3, -0.25) is 4.79 Å². The van der Waals surface area contributed by atoms with Crippen LogP contribution in [0.4, 0.5) is 4.39 Å². The molecule has 0 N–H and O–H groups in total. The lowest BCUT2D eigenvalue weighted by Gasteiger charge is -2.36. The van der Waals surface area contributed by atoms with Gasteiger partial charge in [0, 0.05) is 6.54 Å². The van der Waals surface area contributed by atoms with Crippen molar-refractivity contribution in [2.24, 2.45) is 5.92 Å². The zero-order valence-electron chi connectivity index (χ0n) is 13.8. The minimum Gasteiger partial charge on any atom is -0.370 e. The third kappa shape index (κ3) is 3.46. The van der Waals surface area contributed by atoms with E-state index in [0.29, 0.717) is 19.7 Å². The van der Waals surface area contributed by atoms with Gasteiger partial charge in [0.1, 0.15) is 30.6 Å². The number of hydrogen-bond acceptors (Lipinski definition) is 4. The Morgan fingerprint density at radius 2 is 2.08 bits per heavy atom. The maximum atomic E-state index is 13.1. The smallest absolute Gasteiger partial charge is 0.247 e. The Hall–Kier alpha value is -2.28. The Bertz CT molecular complexity index is 672. The maximum Gasteiger partial charge on any atom is 0.247 e. The van der Waals surface area contributed by atoms with Crippen LogP contribution in [0.1, 0.15) is 31.6 Å². The van der Waals surface area contributed by atoms with Crippen LogP contribution in [0, 0.1) is 11.7 Å². The van der Waals surface area contributed by atoms with Gasteiger partial charge in [-0.15, -0.1) is 0 Å². The predicted molar refractivity (Wildman–Crippen MR) is 85.6 cm³/mol. The van der Waals surface area contributed by atoms with Crippen LogP contribution in [0.15, 0.2) is 36.9 Å². The molecule has 0 bridgehead atoms. The molecule has 1 amide bonds. The lowest BCUT2D eigenvalue weighted by Crippen LogP contribution is -2.46. The lowest BCUT2D eigenvalue weighted by molar-refractivity contribution is -0.144. The SMILES string of the molecule is CC(C)[C@H](C(=O)N1CCO[C@H](c2ccc(F)cc2)C1)n1cncn1. The quantitative estimate of drug-likeness (QED) is 0.861. The third-order valence-corrected chi connectivity index (χ3v) is 4.23. The summed E-state index contributed by atoms with van der Waals surface area (Å²) in [5, 5.41) is 4.13. The number of carbonyl (C=O) groups excluding carboxylic acids is 1. The Labute approximate surface area is 140 Å². The van der Waals surface area contributed by atoms with Gasteiger partial charge in [-0.1, -0.05) is 26.0 Å². The van der Waals surface area contributed by atoms with Crippen molar-refractivity contribution in [3.05, 3.63) is 48.3 Å². The molecule has 3 rings (SSSR count). The molecule has 1 aromatic heterocycles. The van der Waals surface area contributed by atoms with E-state index in [9.17, 15) is 9.18 Å². The number of rotatable bonds is 4. The first-order valence-corrected chi connectivity index (χ1v) is 8.06. The van der Waals surface area contributed by atoms with Gasteiger partial charge in [0.2, 0.25) is 5.91 Å². The number of morpholine rings is 1. The van der Waals surface area contributed by atoms with Crippen LogP contribution in [-0.4, -0.2) is 45.3 Å². The molecule has 1 aromatic carbocycles. The topological polar surface area (TPSA) is 60.2 Å². The van der Waals surface area contributed by atoms with Gasteiger partial charge >= 0.3 is 0 Å². The summed E-state index contributed by atoms with van der Waals surface area (Å²) in [7, 11) is 0. The molecule has 1 aliphatic heterocycles. The van der Waals surface area contributed by atoms with E-state index in [1.165, 1.54) is 18.5 Å². The Balaban J connectivity index is 1.76. The highest BCUT2D eigenvalue weighted by Crippen LogP contribution is 2.26. The van der Waals surface area contributed by atoms with Crippen molar-refractivity contribution in [2.75, 3.05) is 19.7 Å². The summed E-state index contributed by atoms with van der Waals surface area (Å²) in [4.78, 5) is 18.7. The number of halogens is 1. The summed E-state index contributed by atoms with van der Waals surface area (Å²) in [6.45, 7) is 5.41. The first-order valence-electron chi connectivity index (χ1n) is 8.06. The highest BCUT2D eigenvalue weighted by Gasteiger charge is 2.33. The maximum absolute atomic E-state index is 13.1. The molecule has 2 aromatic rings. The zero-order valence-corrected chi connectivity index (χ0v) is 13.8. The minimum absolute atomic E-state index is 0.00547. The van der Waals surface area contributed by atoms with Crippen LogP contribution in [0.2, 0.25) is 0 Å². The largest absolute Gasteiger partial charge is 0.370 e. The van der Waals surface area contributed by atoms with Gasteiger partial charge in [-0.2, -0.15) is 5.10 Å². The molecule has 24 heavy (non-hydrogen) atoms. The average molecular weight is 332 g/mol. The molecule has 0 unspecified atom stereocenters. The Morgan fingerprint density at radius 1 is 1.33 bits per heavy atom. The summed E-state index contributed by atoms with van der Waals surface area (Å²) in [5.41, 5.74) is 0.871. The molecule has 1 fully saturated rings. The number of ether oxygens (including phenoxy) is 1. The summed E-state index contributed by atoms with van der Waals surface area (Å²) in [5.74, 6) is -0.189. The van der Waals surface area contributed by atoms with Crippen molar-refractivity contribution < 1.29 is 13.9 Å². The molecule has 128 valence electrons. The molecule has 0 aliphatic carbocycles. The van der Waals surface area contributed by atoms with Crippen molar-refractivity contribution in [1.29, 1.82) is 0 Å². The zero-order chi connectivity index (χ0) is 17.1. The minimum atomic E-state index is -0.389. The molecule has 7 heteroatoms. The van der Waals surface area contributed by atoms with Crippen LogP contribution in [-0.2, 0) is 9.53 Å². The predicted octanol–water partition coefficient (Wildman–Crippen LogP) is 2.21. The van der Waals surface area contributed by atoms with Crippen molar-refractivity contribution in [1.82, 2.24) is 19.7 Å². The highest BCUT2D eigenvalue weighted by atomic mass is 19.1. The van der Waals surface area contributed by atoms with Gasteiger partial charge in [-0.25, -0.2) is 14.1 Å². The molecule has 0 spiro atoms. The van der Waals surface area contributed by atoms with Crippen LogP contribution >= 0.6 is 0 Å². The van der Waals surface area contributed by atoms with Crippen molar-refractivity contribution in [3.63, 3.8) is 0 Å². The van der Waals surface area contributed by atoms with E-state index in [1.807, 2.05) is 13.8 Å². The fourth-order valence-corrected chi connectivity index (χ4v) is 2.98. The molecule has 2 heterocycles. The fourth-order valence-electron chi connectivity index (χ4n) is 2.98. The number of carbonyl (C=O) groups is 1. The molecule has 2 atom stereocenters. The molecule has 6 nitrogen and oxygen atoms in total. The van der Waals surface area contributed by atoms with E-state index in [1.54, 1.807) is 28.0 Å². The molecule has 1 saturated heterocycles. The lowest BCUT2D eigenvalue weighted by atomic mass is 10.0. The summed E-state index contributed by atoms with van der Waals surface area (Å²) < 4.78 is 20.5. The molecule has 1 aliphatic rings. The number of amides is 1. The van der Waals surface area contributed by atoms with Crippen LogP contribution in [0.3, 0.4) is 0 Å². The van der Waals surface area contributed by atoms with Crippen LogP contribution < -0.4 is 0 Å². The van der Waals surface area contributed by atoms with Gasteiger partial charge in [-0.05, 0) is 23.6 Å². The van der Waals surface area contributed by atoms with Crippen LogP contribution in [0.5, 0.6) is 0 Å². The molecular weight excluding hydrogens is 311 g/mol. The van der Waals surface area contributed by atoms with Gasteiger partial charge in [0.05, 0.1) is 13.2 Å². The Kier molecular flexibility index (Phi) is 4.89. The normalized spacial score (nSPS) is 19.5. The van der Waals surface area contributed by atoms with Gasteiger partial charge in [0.25, 0.3) is 0 Å². The standard InChI is InChI=1S/C17H21FN4O2/c1-12(2)16(22-11-19-10-20-22)17(23)21-7-8-24-15(9-21)13-3-5-14(18)6-4-13/h3-6,10-12,15-16H,7-9H2,1-2H3/t15-,16+/m0/s1. The van der Waals surface area contributed by atoms with E-state index in [2.05, 4.69) is 10.1 Å². The highest BCUT2D eigenvalue weighted by molar-refractivity contribution is 5.80. The second kappa shape index (κ2) is 7.09. The monoisotopic (exact) mass is 332 g/mol. The number of nitrogens with zero attached hydrogens (tertiary/aromatic N) is 4. The average Bonchev–Trinajstić information content (AvgIpc) is 3.09. The Morgan fingerprint density at radius 3 is 2.71 bits per heavy atom. The second-order valence-corrected chi connectivity index (χ2v) is 6.26. The summed E-state index contributed by atoms with van der Waals surface area (Å²) in [6.07, 6.45) is 2.76. The number of hydrogen-bond donors (Lipinski definition) is 0. The first kappa shape index (κ1) is 16.6. The second-order valence-electron chi connectivity index (χ2n) is 6.26. The van der Waals surface area contributed by atoms with E-state index >= 15 is 0 Å². The van der Waals surface area contributed by atoms with Gasteiger partial charge in [0.15, 0.2) is 0 Å². The fraction of sp³-hybridized carbons (Fsp3) is 0.471. The molecule has 0 radical (unpaired) electrons. The van der Waals surface area contributed by atoms with E-state index < -0.39 is 0 Å². The van der Waals surface area contributed by atoms with Gasteiger partial charge < -0.3 is 9.64 Å². The third-order valence-electron chi connectivity index (χ3n) is 4.23. The number of aromatic nitrogens is 3. The number of benzene rings is 1. The molecule has 0 saturated carbocycles. The van der Waals surface area contributed by atoms with Crippen LogP contribution in [0.25, 0.3) is 0 Å². The van der Waals surface area contributed by atoms with Crippen molar-refractivity contribution in [2.45, 2.75) is 26.0 Å². The van der Waals surface area contributed by atoms with Crippen molar-refractivity contribution in [3.8, 4) is 0 Å². The van der Waals surface area contributed by atoms with E-state index in [0.717, 1.165) is 5.56 Å². The first-order chi connectivity index (χ1) is 11.6. The van der Waals surface area contributed by atoms with E-state index in [4.69, 9.17) is 4.74 Å². The molecular formula is C17H21FN4O2.